The van der Waals surface area contributed by atoms with E-state index in [1.807, 2.05) is 56.9 Å². The molecule has 5 heteroatoms. The second-order valence-corrected chi connectivity index (χ2v) is 7.12. The average molecular weight is 263 g/mol. The Hall–Kier alpha value is -1.33. The van der Waals surface area contributed by atoms with Gasteiger partial charge in [-0.1, -0.05) is 10.5 Å². The smallest absolute Gasteiger partial charge is 0.144 e. The Balaban J connectivity index is 2.25. The number of benzene rings is 1. The van der Waals surface area contributed by atoms with Crippen molar-refractivity contribution in [2.24, 2.45) is 11.4 Å². The number of aromatic nitrogens is 2. The maximum Gasteiger partial charge on any atom is 0.144 e. The first-order chi connectivity index (χ1) is 8.38. The standard InChI is InChI=1S/C13H17N3OS/c1-13(2,3)18(17)15-8-10-5-6-12-11(7-10)9-14-16(12)4/h5-9H,1-4H3. The fraction of sp³-hybridized carbons (Fsp3) is 0.385. The Morgan fingerprint density at radius 3 is 2.78 bits per heavy atom. The maximum absolute atomic E-state index is 11.8. The van der Waals surface area contributed by atoms with Gasteiger partial charge in [-0.25, -0.2) is 0 Å². The Morgan fingerprint density at radius 2 is 2.11 bits per heavy atom. The minimum Gasteiger partial charge on any atom is -0.591 e. The molecule has 1 aromatic carbocycles. The summed E-state index contributed by atoms with van der Waals surface area (Å²) in [4.78, 5) is 0. The van der Waals surface area contributed by atoms with E-state index in [1.165, 1.54) is 0 Å². The largest absolute Gasteiger partial charge is 0.591 e. The van der Waals surface area contributed by atoms with Crippen LogP contribution in [0.5, 0.6) is 0 Å². The molecule has 1 atom stereocenters. The number of hydrogen-bond donors (Lipinski definition) is 0. The lowest BCUT2D eigenvalue weighted by Crippen LogP contribution is -2.25. The lowest BCUT2D eigenvalue weighted by molar-refractivity contribution is 0.562. The van der Waals surface area contributed by atoms with Crippen molar-refractivity contribution in [1.29, 1.82) is 0 Å². The van der Waals surface area contributed by atoms with E-state index in [9.17, 15) is 4.55 Å². The predicted octanol–water partition coefficient (Wildman–Crippen LogP) is 2.45. The normalized spacial score (nSPS) is 14.5. The van der Waals surface area contributed by atoms with Crippen molar-refractivity contribution in [3.8, 4) is 0 Å². The lowest BCUT2D eigenvalue weighted by atomic mass is 10.2. The Bertz CT molecular complexity index is 583. The van der Waals surface area contributed by atoms with Gasteiger partial charge in [0.1, 0.15) is 16.1 Å². The van der Waals surface area contributed by atoms with Crippen molar-refractivity contribution in [2.75, 3.05) is 0 Å². The average Bonchev–Trinajstić information content (AvgIpc) is 2.66. The molecule has 4 nitrogen and oxygen atoms in total. The van der Waals surface area contributed by atoms with Gasteiger partial charge < -0.3 is 4.55 Å². The van der Waals surface area contributed by atoms with E-state index in [0.717, 1.165) is 16.5 Å². The maximum atomic E-state index is 11.8. The van der Waals surface area contributed by atoms with E-state index in [-0.39, 0.29) is 4.75 Å². The molecule has 0 aliphatic heterocycles. The van der Waals surface area contributed by atoms with Crippen LogP contribution in [-0.2, 0) is 18.4 Å². The molecule has 2 rings (SSSR count). The van der Waals surface area contributed by atoms with Gasteiger partial charge in [0, 0.05) is 12.4 Å². The molecule has 0 amide bonds. The van der Waals surface area contributed by atoms with Gasteiger partial charge in [0.05, 0.1) is 17.9 Å². The van der Waals surface area contributed by atoms with Gasteiger partial charge in [0.2, 0.25) is 0 Å². The number of hydrogen-bond acceptors (Lipinski definition) is 3. The van der Waals surface area contributed by atoms with Crippen LogP contribution in [0.4, 0.5) is 0 Å². The van der Waals surface area contributed by atoms with Crippen molar-refractivity contribution in [3.05, 3.63) is 30.0 Å². The molecule has 1 aromatic heterocycles. The van der Waals surface area contributed by atoms with E-state index in [4.69, 9.17) is 0 Å². The molecular weight excluding hydrogens is 246 g/mol. The lowest BCUT2D eigenvalue weighted by Gasteiger charge is -2.17. The highest BCUT2D eigenvalue weighted by atomic mass is 32.2. The highest BCUT2D eigenvalue weighted by Crippen LogP contribution is 2.18. The summed E-state index contributed by atoms with van der Waals surface area (Å²) in [5.41, 5.74) is 2.01. The highest BCUT2D eigenvalue weighted by molar-refractivity contribution is 7.91. The monoisotopic (exact) mass is 263 g/mol. The molecule has 0 N–H and O–H groups in total. The third-order valence-corrected chi connectivity index (χ3v) is 3.94. The number of fused-ring (bicyclic) bond motifs is 1. The Kier molecular flexibility index (Phi) is 3.45. The molecule has 0 saturated heterocycles. The fourth-order valence-electron chi connectivity index (χ4n) is 1.53. The molecule has 1 unspecified atom stereocenters. The first-order valence-electron chi connectivity index (χ1n) is 5.76. The van der Waals surface area contributed by atoms with Crippen LogP contribution < -0.4 is 0 Å². The van der Waals surface area contributed by atoms with E-state index in [0.29, 0.717) is 0 Å². The third kappa shape index (κ3) is 2.73. The van der Waals surface area contributed by atoms with Crippen LogP contribution in [0.15, 0.2) is 28.8 Å². The third-order valence-electron chi connectivity index (χ3n) is 2.59. The minimum atomic E-state index is -1.22. The van der Waals surface area contributed by atoms with E-state index < -0.39 is 11.4 Å². The number of rotatable bonds is 2. The summed E-state index contributed by atoms with van der Waals surface area (Å²) >= 11 is -1.22. The van der Waals surface area contributed by atoms with E-state index in [1.54, 1.807) is 6.21 Å². The van der Waals surface area contributed by atoms with Crippen molar-refractivity contribution >= 4 is 28.5 Å². The van der Waals surface area contributed by atoms with Crippen molar-refractivity contribution in [1.82, 2.24) is 9.78 Å². The zero-order valence-corrected chi connectivity index (χ0v) is 11.9. The van der Waals surface area contributed by atoms with Gasteiger partial charge in [-0.2, -0.15) is 5.10 Å². The molecule has 0 bridgehead atoms. The molecule has 2 aromatic rings. The predicted molar refractivity (Wildman–Crippen MR) is 76.2 cm³/mol. The summed E-state index contributed by atoms with van der Waals surface area (Å²) in [5, 5.41) is 5.24. The highest BCUT2D eigenvalue weighted by Gasteiger charge is 2.25. The van der Waals surface area contributed by atoms with Crippen LogP contribution in [-0.4, -0.2) is 25.3 Å². The Morgan fingerprint density at radius 1 is 1.39 bits per heavy atom. The number of nitrogens with zero attached hydrogens (tertiary/aromatic N) is 3. The zero-order chi connectivity index (χ0) is 13.3. The Labute approximate surface area is 110 Å². The summed E-state index contributed by atoms with van der Waals surface area (Å²) in [6.07, 6.45) is 3.47. The summed E-state index contributed by atoms with van der Waals surface area (Å²) in [6, 6.07) is 5.93. The summed E-state index contributed by atoms with van der Waals surface area (Å²) in [6.45, 7) is 5.72. The molecule has 0 aliphatic carbocycles. The first-order valence-corrected chi connectivity index (χ1v) is 6.86. The van der Waals surface area contributed by atoms with Gasteiger partial charge in [-0.05, 0) is 38.5 Å². The molecule has 1 heterocycles. The van der Waals surface area contributed by atoms with Crippen LogP contribution in [0.3, 0.4) is 0 Å². The van der Waals surface area contributed by atoms with Crippen LogP contribution in [0.25, 0.3) is 10.9 Å². The molecule has 0 aliphatic rings. The topological polar surface area (TPSA) is 53.2 Å². The SMILES string of the molecule is Cn1ncc2cc(C=N[S+]([O-])C(C)(C)C)ccc21. The molecule has 0 radical (unpaired) electrons. The molecular formula is C13H17N3OS. The second kappa shape index (κ2) is 4.74. The van der Waals surface area contributed by atoms with Gasteiger partial charge >= 0.3 is 0 Å². The van der Waals surface area contributed by atoms with Crippen molar-refractivity contribution in [3.63, 3.8) is 0 Å². The first kappa shape index (κ1) is 13.1. The quantitative estimate of drug-likeness (QED) is 0.617. The van der Waals surface area contributed by atoms with Crippen molar-refractivity contribution in [2.45, 2.75) is 25.5 Å². The van der Waals surface area contributed by atoms with Gasteiger partial charge in [0.25, 0.3) is 0 Å². The van der Waals surface area contributed by atoms with Crippen LogP contribution >= 0.6 is 0 Å². The van der Waals surface area contributed by atoms with Crippen LogP contribution in [0, 0.1) is 0 Å². The fourth-order valence-corrected chi connectivity index (χ4v) is 2.06. The van der Waals surface area contributed by atoms with Crippen LogP contribution in [0.1, 0.15) is 26.3 Å². The summed E-state index contributed by atoms with van der Waals surface area (Å²) < 4.78 is 17.4. The van der Waals surface area contributed by atoms with Crippen LogP contribution in [0.2, 0.25) is 0 Å². The molecule has 0 fully saturated rings. The van der Waals surface area contributed by atoms with E-state index >= 15 is 0 Å². The van der Waals surface area contributed by atoms with Gasteiger partial charge in [-0.15, -0.1) is 0 Å². The molecule has 18 heavy (non-hydrogen) atoms. The molecule has 96 valence electrons. The minimum absolute atomic E-state index is 0.325. The molecule has 0 saturated carbocycles. The molecule has 0 spiro atoms. The second-order valence-electron chi connectivity index (χ2n) is 5.18. The van der Waals surface area contributed by atoms with E-state index in [2.05, 4.69) is 9.50 Å². The summed E-state index contributed by atoms with van der Waals surface area (Å²) in [5.74, 6) is 0. The summed E-state index contributed by atoms with van der Waals surface area (Å²) in [7, 11) is 1.91. The zero-order valence-electron chi connectivity index (χ0n) is 11.0. The van der Waals surface area contributed by atoms with Gasteiger partial charge in [-0.3, -0.25) is 4.68 Å². The van der Waals surface area contributed by atoms with Crippen molar-refractivity contribution < 1.29 is 4.55 Å². The number of aryl methyl sites for hydroxylation is 1. The van der Waals surface area contributed by atoms with Gasteiger partial charge in [0.15, 0.2) is 0 Å².